The summed E-state index contributed by atoms with van der Waals surface area (Å²) in [4.78, 5) is 10.5. The Morgan fingerprint density at radius 2 is 2.24 bits per heavy atom. The van der Waals surface area contributed by atoms with Crippen molar-refractivity contribution in [2.24, 2.45) is 11.5 Å². The van der Waals surface area contributed by atoms with Crippen molar-refractivity contribution in [1.29, 1.82) is 0 Å². The average molecular weight is 237 g/mol. The molecular formula is C12H19N3O2. The van der Waals surface area contributed by atoms with E-state index in [4.69, 9.17) is 16.2 Å². The van der Waals surface area contributed by atoms with Crippen LogP contribution in [0.5, 0.6) is 5.75 Å². The van der Waals surface area contributed by atoms with E-state index in [1.54, 1.807) is 0 Å². The topological polar surface area (TPSA) is 90.4 Å². The Morgan fingerprint density at radius 1 is 1.41 bits per heavy atom. The van der Waals surface area contributed by atoms with Gasteiger partial charge in [-0.3, -0.25) is 4.79 Å². The molecule has 0 unspecified atom stereocenters. The summed E-state index contributed by atoms with van der Waals surface area (Å²) < 4.78 is 5.40. The van der Waals surface area contributed by atoms with Crippen LogP contribution in [0.25, 0.3) is 0 Å². The lowest BCUT2D eigenvalue weighted by Gasteiger charge is -2.08. The number of ether oxygens (including phenoxy) is 1. The summed E-state index contributed by atoms with van der Waals surface area (Å²) in [6.07, 6.45) is 1.15. The summed E-state index contributed by atoms with van der Waals surface area (Å²) in [5.41, 5.74) is 11.4. The number of carbonyl (C=O) groups is 1. The molecule has 1 aromatic rings. The van der Waals surface area contributed by atoms with Gasteiger partial charge in [-0.1, -0.05) is 6.07 Å². The first kappa shape index (κ1) is 13.3. The Labute approximate surface area is 101 Å². The molecule has 0 aromatic heterocycles. The Balaban J connectivity index is 2.39. The maximum Gasteiger partial charge on any atom is 0.220 e. The van der Waals surface area contributed by atoms with Crippen molar-refractivity contribution in [3.63, 3.8) is 0 Å². The first-order chi connectivity index (χ1) is 8.22. The van der Waals surface area contributed by atoms with Crippen LogP contribution in [0.15, 0.2) is 24.3 Å². The van der Waals surface area contributed by atoms with Crippen LogP contribution in [0.4, 0.5) is 5.69 Å². The molecular weight excluding hydrogens is 218 g/mol. The monoisotopic (exact) mass is 237 g/mol. The van der Waals surface area contributed by atoms with E-state index in [9.17, 15) is 4.79 Å². The molecule has 0 radical (unpaired) electrons. The van der Waals surface area contributed by atoms with Gasteiger partial charge in [0.25, 0.3) is 0 Å². The van der Waals surface area contributed by atoms with Crippen molar-refractivity contribution in [2.45, 2.75) is 12.8 Å². The summed E-state index contributed by atoms with van der Waals surface area (Å²) in [5.74, 6) is 0.367. The summed E-state index contributed by atoms with van der Waals surface area (Å²) in [7, 11) is 0. The van der Waals surface area contributed by atoms with Crippen LogP contribution in [-0.4, -0.2) is 25.6 Å². The second-order valence-corrected chi connectivity index (χ2v) is 3.66. The van der Waals surface area contributed by atoms with E-state index in [0.29, 0.717) is 13.2 Å². The molecule has 0 atom stereocenters. The highest BCUT2D eigenvalue weighted by molar-refractivity contribution is 5.73. The van der Waals surface area contributed by atoms with Gasteiger partial charge in [0.15, 0.2) is 0 Å². The van der Waals surface area contributed by atoms with Crippen LogP contribution >= 0.6 is 0 Å². The van der Waals surface area contributed by atoms with Crippen molar-refractivity contribution in [2.75, 3.05) is 25.0 Å². The van der Waals surface area contributed by atoms with Gasteiger partial charge in [0, 0.05) is 18.3 Å². The molecule has 0 aliphatic heterocycles. The van der Waals surface area contributed by atoms with Crippen LogP contribution in [0, 0.1) is 0 Å². The molecule has 1 aromatic carbocycles. The lowest BCUT2D eigenvalue weighted by atomic mass is 10.3. The summed E-state index contributed by atoms with van der Waals surface area (Å²) in [6, 6.07) is 7.58. The van der Waals surface area contributed by atoms with E-state index in [-0.39, 0.29) is 12.3 Å². The maximum absolute atomic E-state index is 10.5. The van der Waals surface area contributed by atoms with E-state index >= 15 is 0 Å². The number of amides is 1. The third-order valence-electron chi connectivity index (χ3n) is 2.16. The van der Waals surface area contributed by atoms with Crippen molar-refractivity contribution < 1.29 is 9.53 Å². The van der Waals surface area contributed by atoms with Gasteiger partial charge in [-0.05, 0) is 25.1 Å². The zero-order valence-electron chi connectivity index (χ0n) is 9.82. The Bertz CT molecular complexity index is 355. The molecule has 0 saturated carbocycles. The molecule has 5 nitrogen and oxygen atoms in total. The second-order valence-electron chi connectivity index (χ2n) is 3.66. The number of rotatable bonds is 8. The smallest absolute Gasteiger partial charge is 0.220 e. The fourth-order valence-electron chi connectivity index (χ4n) is 1.30. The molecule has 0 fully saturated rings. The van der Waals surface area contributed by atoms with Crippen LogP contribution in [0.1, 0.15) is 12.8 Å². The normalized spacial score (nSPS) is 9.94. The van der Waals surface area contributed by atoms with Gasteiger partial charge in [-0.2, -0.15) is 0 Å². The van der Waals surface area contributed by atoms with Crippen molar-refractivity contribution in [3.8, 4) is 5.75 Å². The van der Waals surface area contributed by atoms with Gasteiger partial charge in [-0.15, -0.1) is 0 Å². The van der Waals surface area contributed by atoms with E-state index in [1.807, 2.05) is 24.3 Å². The van der Waals surface area contributed by atoms with Gasteiger partial charge < -0.3 is 21.5 Å². The zero-order chi connectivity index (χ0) is 12.5. The maximum atomic E-state index is 10.5. The lowest BCUT2D eigenvalue weighted by molar-refractivity contribution is -0.118. The third kappa shape index (κ3) is 5.77. The Kier molecular flexibility index (Phi) is 5.88. The molecule has 1 amide bonds. The fourth-order valence-corrected chi connectivity index (χ4v) is 1.30. The summed E-state index contributed by atoms with van der Waals surface area (Å²) >= 11 is 0. The molecule has 1 rings (SSSR count). The first-order valence-corrected chi connectivity index (χ1v) is 5.67. The molecule has 94 valence electrons. The molecule has 0 bridgehead atoms. The number of anilines is 1. The number of carbonyl (C=O) groups excluding carboxylic acids is 1. The third-order valence-corrected chi connectivity index (χ3v) is 2.16. The quantitative estimate of drug-likeness (QED) is 0.580. The van der Waals surface area contributed by atoms with E-state index in [1.165, 1.54) is 0 Å². The van der Waals surface area contributed by atoms with Crippen molar-refractivity contribution >= 4 is 11.6 Å². The van der Waals surface area contributed by atoms with Crippen molar-refractivity contribution in [1.82, 2.24) is 0 Å². The van der Waals surface area contributed by atoms with Gasteiger partial charge in [0.1, 0.15) is 5.75 Å². The highest BCUT2D eigenvalue weighted by atomic mass is 16.5. The predicted molar refractivity (Wildman–Crippen MR) is 67.9 cm³/mol. The predicted octanol–water partition coefficient (Wildman–Crippen LogP) is 0.701. The SMILES string of the molecule is NCCCNc1cccc(OCCC(N)=O)c1. The van der Waals surface area contributed by atoms with Gasteiger partial charge in [-0.25, -0.2) is 0 Å². The molecule has 5 N–H and O–H groups in total. The number of nitrogens with one attached hydrogen (secondary N) is 1. The second kappa shape index (κ2) is 7.51. The molecule has 0 aliphatic carbocycles. The van der Waals surface area contributed by atoms with Crippen LogP contribution < -0.4 is 21.5 Å². The summed E-state index contributed by atoms with van der Waals surface area (Å²) in [5, 5.41) is 3.23. The standard InChI is InChI=1S/C12H19N3O2/c13-6-2-7-15-10-3-1-4-11(9-10)17-8-5-12(14)16/h1,3-4,9,15H,2,5-8,13H2,(H2,14,16). The number of hydrogen-bond acceptors (Lipinski definition) is 4. The van der Waals surface area contributed by atoms with Gasteiger partial charge in [0.2, 0.25) is 5.91 Å². The van der Waals surface area contributed by atoms with Crippen LogP contribution in [0.2, 0.25) is 0 Å². The zero-order valence-corrected chi connectivity index (χ0v) is 9.82. The van der Waals surface area contributed by atoms with Crippen molar-refractivity contribution in [3.05, 3.63) is 24.3 Å². The number of primary amides is 1. The molecule has 0 spiro atoms. The minimum absolute atomic E-state index is 0.227. The average Bonchev–Trinajstić information content (AvgIpc) is 2.29. The lowest BCUT2D eigenvalue weighted by Crippen LogP contribution is -2.14. The minimum atomic E-state index is -0.359. The fraction of sp³-hybridized carbons (Fsp3) is 0.417. The molecule has 0 aliphatic rings. The van der Waals surface area contributed by atoms with E-state index in [0.717, 1.165) is 24.4 Å². The summed E-state index contributed by atoms with van der Waals surface area (Å²) in [6.45, 7) is 1.81. The van der Waals surface area contributed by atoms with Gasteiger partial charge >= 0.3 is 0 Å². The first-order valence-electron chi connectivity index (χ1n) is 5.67. The van der Waals surface area contributed by atoms with E-state index < -0.39 is 0 Å². The molecule has 0 saturated heterocycles. The highest BCUT2D eigenvalue weighted by Crippen LogP contribution is 2.17. The number of hydrogen-bond donors (Lipinski definition) is 3. The largest absolute Gasteiger partial charge is 0.493 e. The molecule has 17 heavy (non-hydrogen) atoms. The minimum Gasteiger partial charge on any atom is -0.493 e. The van der Waals surface area contributed by atoms with Crippen LogP contribution in [-0.2, 0) is 4.79 Å². The van der Waals surface area contributed by atoms with Crippen LogP contribution in [0.3, 0.4) is 0 Å². The number of benzene rings is 1. The number of nitrogens with two attached hydrogens (primary N) is 2. The Hall–Kier alpha value is -1.75. The molecule has 5 heteroatoms. The van der Waals surface area contributed by atoms with E-state index in [2.05, 4.69) is 5.32 Å². The Morgan fingerprint density at radius 3 is 2.94 bits per heavy atom. The van der Waals surface area contributed by atoms with Gasteiger partial charge in [0.05, 0.1) is 13.0 Å². The highest BCUT2D eigenvalue weighted by Gasteiger charge is 1.98. The molecule has 0 heterocycles.